The predicted octanol–water partition coefficient (Wildman–Crippen LogP) is 0.0916. The molecule has 12 heavy (non-hydrogen) atoms. The van der Waals surface area contributed by atoms with Crippen molar-refractivity contribution in [1.29, 1.82) is 0 Å². The molecule has 1 amide bonds. The van der Waals surface area contributed by atoms with E-state index in [9.17, 15) is 4.79 Å². The molecule has 0 radical (unpaired) electrons. The number of amides is 1. The average Bonchev–Trinajstić information content (AvgIpc) is 2.02. The fourth-order valence-corrected chi connectivity index (χ4v) is 1.29. The Morgan fingerprint density at radius 3 is 2.83 bits per heavy atom. The van der Waals surface area contributed by atoms with Crippen molar-refractivity contribution < 1.29 is 4.79 Å². The summed E-state index contributed by atoms with van der Waals surface area (Å²) in [6.45, 7) is 3.53. The third kappa shape index (κ3) is 2.04. The number of hydrazone groups is 1. The molecular formula is C8H15N3O. The van der Waals surface area contributed by atoms with Crippen LogP contribution in [0.1, 0.15) is 20.3 Å². The van der Waals surface area contributed by atoms with Crippen molar-refractivity contribution in [2.75, 3.05) is 0 Å². The molecule has 1 aliphatic carbocycles. The van der Waals surface area contributed by atoms with Crippen LogP contribution >= 0.6 is 0 Å². The first-order valence-corrected chi connectivity index (χ1v) is 4.16. The second-order valence-electron chi connectivity index (χ2n) is 3.37. The van der Waals surface area contributed by atoms with Crippen LogP contribution < -0.4 is 11.2 Å². The second kappa shape index (κ2) is 3.67. The van der Waals surface area contributed by atoms with Gasteiger partial charge in [-0.15, -0.1) is 0 Å². The van der Waals surface area contributed by atoms with Gasteiger partial charge in [-0.05, 0) is 12.3 Å². The van der Waals surface area contributed by atoms with Crippen LogP contribution in [0.4, 0.5) is 0 Å². The fraction of sp³-hybridized carbons (Fsp3) is 0.750. The number of hydrogen-bond donors (Lipinski definition) is 2. The Kier molecular flexibility index (Phi) is 2.81. The second-order valence-corrected chi connectivity index (χ2v) is 3.37. The third-order valence-electron chi connectivity index (χ3n) is 2.38. The van der Waals surface area contributed by atoms with E-state index in [0.717, 1.165) is 6.42 Å². The van der Waals surface area contributed by atoms with Crippen molar-refractivity contribution in [3.63, 3.8) is 0 Å². The van der Waals surface area contributed by atoms with E-state index in [2.05, 4.69) is 17.5 Å². The molecule has 1 fully saturated rings. The van der Waals surface area contributed by atoms with Gasteiger partial charge in [0, 0.05) is 25.1 Å². The topological polar surface area (TPSA) is 67.5 Å². The van der Waals surface area contributed by atoms with Gasteiger partial charge >= 0.3 is 0 Å². The Morgan fingerprint density at radius 2 is 2.42 bits per heavy atom. The Bertz CT molecular complexity index is 202. The molecule has 3 N–H and O–H groups in total. The van der Waals surface area contributed by atoms with Gasteiger partial charge in [0.15, 0.2) is 0 Å². The Hall–Kier alpha value is -0.900. The minimum atomic E-state index is -0.137. The highest BCUT2D eigenvalue weighted by molar-refractivity contribution is 5.74. The zero-order valence-electron chi connectivity index (χ0n) is 7.45. The molecule has 0 aromatic carbocycles. The molecule has 0 heterocycles. The number of hydrogen-bond acceptors (Lipinski definition) is 3. The maximum Gasteiger partial charge on any atom is 0.236 e. The maximum atomic E-state index is 10.4. The van der Waals surface area contributed by atoms with Crippen LogP contribution in [0.5, 0.6) is 0 Å². The van der Waals surface area contributed by atoms with Crippen molar-refractivity contribution in [3.8, 4) is 0 Å². The van der Waals surface area contributed by atoms with E-state index in [1.807, 2.05) is 0 Å². The molecule has 4 heteroatoms. The third-order valence-corrected chi connectivity index (χ3v) is 2.38. The van der Waals surface area contributed by atoms with E-state index in [1.165, 1.54) is 6.92 Å². The van der Waals surface area contributed by atoms with Crippen LogP contribution in [-0.2, 0) is 4.79 Å². The lowest BCUT2D eigenvalue weighted by Crippen LogP contribution is -2.46. The first-order valence-electron chi connectivity index (χ1n) is 4.16. The molecule has 0 spiro atoms. The Labute approximate surface area is 72.2 Å². The Balaban J connectivity index is 2.24. The van der Waals surface area contributed by atoms with Crippen molar-refractivity contribution in [2.45, 2.75) is 26.3 Å². The molecule has 1 aliphatic rings. The molecular weight excluding hydrogens is 154 g/mol. The lowest BCUT2D eigenvalue weighted by atomic mass is 9.71. The smallest absolute Gasteiger partial charge is 0.236 e. The van der Waals surface area contributed by atoms with Crippen LogP contribution in [0.3, 0.4) is 0 Å². The van der Waals surface area contributed by atoms with E-state index in [-0.39, 0.29) is 5.91 Å². The zero-order chi connectivity index (χ0) is 9.14. The SMILES string of the molecule is CC(=O)N/N=C/[C@H]1C[C@@H](N)[C@H]1C. The molecule has 0 unspecified atom stereocenters. The summed E-state index contributed by atoms with van der Waals surface area (Å²) < 4.78 is 0. The first kappa shape index (κ1) is 9.19. The summed E-state index contributed by atoms with van der Waals surface area (Å²) in [5.74, 6) is 0.789. The number of carbonyl (C=O) groups excluding carboxylic acids is 1. The van der Waals surface area contributed by atoms with Crippen LogP contribution in [-0.4, -0.2) is 18.2 Å². The highest BCUT2D eigenvalue weighted by Gasteiger charge is 2.33. The van der Waals surface area contributed by atoms with Gasteiger partial charge in [0.25, 0.3) is 0 Å². The number of nitrogens with one attached hydrogen (secondary N) is 1. The molecule has 0 aliphatic heterocycles. The molecule has 3 atom stereocenters. The molecule has 4 nitrogen and oxygen atoms in total. The summed E-state index contributed by atoms with van der Waals surface area (Å²) in [5, 5.41) is 3.80. The lowest BCUT2D eigenvalue weighted by molar-refractivity contribution is -0.118. The fourth-order valence-electron chi connectivity index (χ4n) is 1.29. The monoisotopic (exact) mass is 169 g/mol. The van der Waals surface area contributed by atoms with Crippen molar-refractivity contribution in [1.82, 2.24) is 5.43 Å². The van der Waals surface area contributed by atoms with Gasteiger partial charge < -0.3 is 5.73 Å². The zero-order valence-corrected chi connectivity index (χ0v) is 7.45. The summed E-state index contributed by atoms with van der Waals surface area (Å²) in [6, 6.07) is 0.304. The minimum Gasteiger partial charge on any atom is -0.327 e. The Morgan fingerprint density at radius 1 is 1.75 bits per heavy atom. The van der Waals surface area contributed by atoms with Gasteiger partial charge in [-0.2, -0.15) is 5.10 Å². The normalized spacial score (nSPS) is 34.8. The van der Waals surface area contributed by atoms with Gasteiger partial charge in [-0.25, -0.2) is 5.43 Å². The van der Waals surface area contributed by atoms with E-state index < -0.39 is 0 Å². The van der Waals surface area contributed by atoms with E-state index in [0.29, 0.717) is 17.9 Å². The van der Waals surface area contributed by atoms with Crippen molar-refractivity contribution >= 4 is 12.1 Å². The predicted molar refractivity (Wildman–Crippen MR) is 47.6 cm³/mol. The molecule has 0 aromatic rings. The number of nitrogens with two attached hydrogens (primary N) is 1. The summed E-state index contributed by atoms with van der Waals surface area (Å²) in [4.78, 5) is 10.4. The largest absolute Gasteiger partial charge is 0.327 e. The number of carbonyl (C=O) groups is 1. The number of nitrogens with zero attached hydrogens (tertiary/aromatic N) is 1. The lowest BCUT2D eigenvalue weighted by Gasteiger charge is -2.37. The van der Waals surface area contributed by atoms with Crippen LogP contribution in [0.15, 0.2) is 5.10 Å². The first-order chi connectivity index (χ1) is 5.61. The van der Waals surface area contributed by atoms with Gasteiger partial charge in [0.2, 0.25) is 5.91 Å². The molecule has 0 bridgehead atoms. The van der Waals surface area contributed by atoms with Gasteiger partial charge in [0.1, 0.15) is 0 Å². The van der Waals surface area contributed by atoms with E-state index >= 15 is 0 Å². The van der Waals surface area contributed by atoms with E-state index in [1.54, 1.807) is 6.21 Å². The molecule has 68 valence electrons. The molecule has 1 saturated carbocycles. The van der Waals surface area contributed by atoms with Crippen molar-refractivity contribution in [3.05, 3.63) is 0 Å². The molecule has 0 saturated heterocycles. The summed E-state index contributed by atoms with van der Waals surface area (Å²) in [6.07, 6.45) is 2.75. The number of rotatable bonds is 2. The molecule has 0 aromatic heterocycles. The van der Waals surface area contributed by atoms with Crippen LogP contribution in [0.25, 0.3) is 0 Å². The summed E-state index contributed by atoms with van der Waals surface area (Å²) >= 11 is 0. The standard InChI is InChI=1S/C8H15N3O/c1-5-7(3-8(5)9)4-10-11-6(2)12/h4-5,7-8H,3,9H2,1-2H3,(H,11,12)/b10-4+/t5-,7+,8+/m0/s1. The van der Waals surface area contributed by atoms with E-state index in [4.69, 9.17) is 5.73 Å². The highest BCUT2D eigenvalue weighted by atomic mass is 16.2. The quantitative estimate of drug-likeness (QED) is 0.454. The highest BCUT2D eigenvalue weighted by Crippen LogP contribution is 2.30. The maximum absolute atomic E-state index is 10.4. The minimum absolute atomic E-state index is 0.137. The summed E-state index contributed by atoms with van der Waals surface area (Å²) in [7, 11) is 0. The molecule has 1 rings (SSSR count). The van der Waals surface area contributed by atoms with Crippen LogP contribution in [0, 0.1) is 11.8 Å². The van der Waals surface area contributed by atoms with Gasteiger partial charge in [-0.3, -0.25) is 4.79 Å². The van der Waals surface area contributed by atoms with Gasteiger partial charge in [-0.1, -0.05) is 6.92 Å². The van der Waals surface area contributed by atoms with Gasteiger partial charge in [0.05, 0.1) is 0 Å². The average molecular weight is 169 g/mol. The van der Waals surface area contributed by atoms with Crippen LogP contribution in [0.2, 0.25) is 0 Å². The summed E-state index contributed by atoms with van der Waals surface area (Å²) in [5.41, 5.74) is 8.06. The van der Waals surface area contributed by atoms with Crippen molar-refractivity contribution in [2.24, 2.45) is 22.7 Å².